The summed E-state index contributed by atoms with van der Waals surface area (Å²) in [5.41, 5.74) is 0.833. The van der Waals surface area contributed by atoms with E-state index in [1.807, 2.05) is 24.3 Å². The molecule has 0 spiro atoms. The maximum atomic E-state index is 13.9. The summed E-state index contributed by atoms with van der Waals surface area (Å²) in [4.78, 5) is 1.84. The van der Waals surface area contributed by atoms with E-state index in [4.69, 9.17) is 5.26 Å². The summed E-state index contributed by atoms with van der Waals surface area (Å²) in [6.45, 7) is 0.774. The average molecular weight is 303 g/mol. The predicted molar refractivity (Wildman–Crippen MR) is 70.5 cm³/mol. The zero-order valence-electron chi connectivity index (χ0n) is 9.13. The first-order valence-corrected chi connectivity index (χ1v) is 6.88. The first kappa shape index (κ1) is 13.3. The van der Waals surface area contributed by atoms with E-state index in [0.717, 1.165) is 12.3 Å². The largest absolute Gasteiger partial charge is 0.371 e. The van der Waals surface area contributed by atoms with Gasteiger partial charge in [-0.1, -0.05) is 0 Å². The number of rotatable bonds is 4. The summed E-state index contributed by atoms with van der Waals surface area (Å²) in [5, 5.41) is 8.75. The number of thioether (sulfide) groups is 1. The molecule has 5 heteroatoms. The van der Waals surface area contributed by atoms with Crippen LogP contribution in [-0.2, 0) is 0 Å². The van der Waals surface area contributed by atoms with Gasteiger partial charge in [-0.25, -0.2) is 4.39 Å². The zero-order valence-corrected chi connectivity index (χ0v) is 11.5. The van der Waals surface area contributed by atoms with Gasteiger partial charge in [0.05, 0.1) is 15.7 Å². The molecule has 2 nitrogen and oxygen atoms in total. The molecule has 0 bridgehead atoms. The van der Waals surface area contributed by atoms with Gasteiger partial charge in [0.15, 0.2) is 5.82 Å². The Morgan fingerprint density at radius 2 is 2.25 bits per heavy atom. The van der Waals surface area contributed by atoms with Gasteiger partial charge in [-0.2, -0.15) is 17.0 Å². The summed E-state index contributed by atoms with van der Waals surface area (Å²) in [6.07, 6.45) is 2.01. The van der Waals surface area contributed by atoms with E-state index in [1.54, 1.807) is 23.9 Å². The highest BCUT2D eigenvalue weighted by Crippen LogP contribution is 2.28. The molecule has 0 saturated carbocycles. The summed E-state index contributed by atoms with van der Waals surface area (Å²) in [5.74, 6) is 0.566. The average Bonchev–Trinajstić information content (AvgIpc) is 2.29. The van der Waals surface area contributed by atoms with Crippen molar-refractivity contribution in [3.05, 3.63) is 28.0 Å². The Bertz CT molecular complexity index is 417. The number of halogens is 2. The SMILES string of the molecule is CSCCN(C)c1ccc(C#N)c(Br)c1F. The van der Waals surface area contributed by atoms with Crippen LogP contribution < -0.4 is 4.90 Å². The molecule has 0 radical (unpaired) electrons. The molecule has 0 atom stereocenters. The Balaban J connectivity index is 2.99. The number of benzene rings is 1. The van der Waals surface area contributed by atoms with Crippen LogP contribution in [0.15, 0.2) is 16.6 Å². The fraction of sp³-hybridized carbons (Fsp3) is 0.364. The van der Waals surface area contributed by atoms with Gasteiger partial charge in [0.1, 0.15) is 6.07 Å². The van der Waals surface area contributed by atoms with Crippen molar-refractivity contribution in [3.63, 3.8) is 0 Å². The lowest BCUT2D eigenvalue weighted by molar-refractivity contribution is 0.616. The first-order chi connectivity index (χ1) is 7.61. The zero-order chi connectivity index (χ0) is 12.1. The molecule has 1 aromatic carbocycles. The Morgan fingerprint density at radius 3 is 2.81 bits per heavy atom. The first-order valence-electron chi connectivity index (χ1n) is 4.70. The van der Waals surface area contributed by atoms with Crippen LogP contribution in [0.3, 0.4) is 0 Å². The van der Waals surface area contributed by atoms with Crippen molar-refractivity contribution < 1.29 is 4.39 Å². The molecule has 0 saturated heterocycles. The van der Waals surface area contributed by atoms with Crippen molar-refractivity contribution >= 4 is 33.4 Å². The highest BCUT2D eigenvalue weighted by Gasteiger charge is 2.13. The molecule has 0 aliphatic carbocycles. The molecular formula is C11H12BrFN2S. The van der Waals surface area contributed by atoms with E-state index in [9.17, 15) is 4.39 Å². The van der Waals surface area contributed by atoms with Crippen LogP contribution in [0.5, 0.6) is 0 Å². The predicted octanol–water partition coefficient (Wildman–Crippen LogP) is 3.26. The Morgan fingerprint density at radius 1 is 1.56 bits per heavy atom. The molecule has 0 aliphatic heterocycles. The lowest BCUT2D eigenvalue weighted by Crippen LogP contribution is -2.21. The second-order valence-electron chi connectivity index (χ2n) is 3.29. The molecule has 0 unspecified atom stereocenters. The van der Waals surface area contributed by atoms with Crippen LogP contribution in [0.25, 0.3) is 0 Å². The lowest BCUT2D eigenvalue weighted by atomic mass is 10.2. The topological polar surface area (TPSA) is 27.0 Å². The standard InChI is InChI=1S/C11H12BrFN2S/c1-15(5-6-16-2)9-4-3-8(7-14)10(12)11(9)13/h3-4H,5-6H2,1-2H3. The highest BCUT2D eigenvalue weighted by molar-refractivity contribution is 9.10. The maximum Gasteiger partial charge on any atom is 0.161 e. The summed E-state index contributed by atoms with van der Waals surface area (Å²) < 4.78 is 14.1. The van der Waals surface area contributed by atoms with E-state index in [2.05, 4.69) is 15.9 Å². The molecule has 0 heterocycles. The van der Waals surface area contributed by atoms with Gasteiger partial charge in [-0.15, -0.1) is 0 Å². The summed E-state index contributed by atoms with van der Waals surface area (Å²) >= 11 is 4.81. The second kappa shape index (κ2) is 6.12. The van der Waals surface area contributed by atoms with Crippen molar-refractivity contribution in [3.8, 4) is 6.07 Å². The Hall–Kier alpha value is -0.730. The van der Waals surface area contributed by atoms with Crippen LogP contribution in [0, 0.1) is 17.1 Å². The van der Waals surface area contributed by atoms with Gasteiger partial charge in [0.2, 0.25) is 0 Å². The normalized spacial score (nSPS) is 9.94. The molecule has 0 amide bonds. The minimum Gasteiger partial charge on any atom is -0.371 e. The molecular weight excluding hydrogens is 291 g/mol. The second-order valence-corrected chi connectivity index (χ2v) is 5.06. The third-order valence-electron chi connectivity index (χ3n) is 2.22. The molecule has 0 N–H and O–H groups in total. The molecule has 0 fully saturated rings. The minimum absolute atomic E-state index is 0.239. The van der Waals surface area contributed by atoms with Crippen LogP contribution in [0.2, 0.25) is 0 Å². The van der Waals surface area contributed by atoms with Crippen LogP contribution in [0.4, 0.5) is 10.1 Å². The van der Waals surface area contributed by atoms with E-state index < -0.39 is 0 Å². The molecule has 0 aliphatic rings. The summed E-state index contributed by atoms with van der Waals surface area (Å²) in [7, 11) is 1.84. The number of nitriles is 1. The molecule has 16 heavy (non-hydrogen) atoms. The molecule has 1 aromatic rings. The monoisotopic (exact) mass is 302 g/mol. The number of hydrogen-bond donors (Lipinski definition) is 0. The Labute approximate surface area is 108 Å². The van der Waals surface area contributed by atoms with E-state index in [0.29, 0.717) is 11.3 Å². The number of nitrogens with zero attached hydrogens (tertiary/aromatic N) is 2. The van der Waals surface area contributed by atoms with Gasteiger partial charge in [0, 0.05) is 19.3 Å². The van der Waals surface area contributed by atoms with E-state index in [1.165, 1.54) is 0 Å². The van der Waals surface area contributed by atoms with Crippen LogP contribution in [0.1, 0.15) is 5.56 Å². The molecule has 1 rings (SSSR count). The third-order valence-corrected chi connectivity index (χ3v) is 3.59. The van der Waals surface area contributed by atoms with Gasteiger partial charge >= 0.3 is 0 Å². The van der Waals surface area contributed by atoms with Gasteiger partial charge in [-0.3, -0.25) is 0 Å². The van der Waals surface area contributed by atoms with Crippen molar-refractivity contribution in [1.29, 1.82) is 5.26 Å². The lowest BCUT2D eigenvalue weighted by Gasteiger charge is -2.20. The van der Waals surface area contributed by atoms with Gasteiger partial charge in [0.25, 0.3) is 0 Å². The molecule has 86 valence electrons. The van der Waals surface area contributed by atoms with E-state index in [-0.39, 0.29) is 10.3 Å². The van der Waals surface area contributed by atoms with E-state index >= 15 is 0 Å². The van der Waals surface area contributed by atoms with Gasteiger partial charge < -0.3 is 4.90 Å². The maximum absolute atomic E-state index is 13.9. The molecule has 0 aromatic heterocycles. The minimum atomic E-state index is -0.373. The van der Waals surface area contributed by atoms with Gasteiger partial charge in [-0.05, 0) is 34.3 Å². The van der Waals surface area contributed by atoms with Crippen molar-refractivity contribution in [2.75, 3.05) is 30.5 Å². The van der Waals surface area contributed by atoms with Crippen molar-refractivity contribution in [2.24, 2.45) is 0 Å². The third kappa shape index (κ3) is 2.89. The van der Waals surface area contributed by atoms with Crippen LogP contribution in [-0.4, -0.2) is 25.6 Å². The quantitative estimate of drug-likeness (QED) is 0.854. The summed E-state index contributed by atoms with van der Waals surface area (Å²) in [6, 6.07) is 5.20. The Kier molecular flexibility index (Phi) is 5.10. The fourth-order valence-electron chi connectivity index (χ4n) is 1.27. The fourth-order valence-corrected chi connectivity index (χ4v) is 2.15. The van der Waals surface area contributed by atoms with Crippen molar-refractivity contribution in [1.82, 2.24) is 0 Å². The highest BCUT2D eigenvalue weighted by atomic mass is 79.9. The smallest absolute Gasteiger partial charge is 0.161 e. The number of anilines is 1. The van der Waals surface area contributed by atoms with Crippen molar-refractivity contribution in [2.45, 2.75) is 0 Å². The van der Waals surface area contributed by atoms with Crippen LogP contribution >= 0.6 is 27.7 Å². The number of hydrogen-bond acceptors (Lipinski definition) is 3.